The summed E-state index contributed by atoms with van der Waals surface area (Å²) < 4.78 is 0. The van der Waals surface area contributed by atoms with Gasteiger partial charge in [-0.15, -0.1) is 11.3 Å². The fraction of sp³-hybridized carbons (Fsp3) is 0.353. The highest BCUT2D eigenvalue weighted by Crippen LogP contribution is 2.25. The molecule has 2 heterocycles. The Hall–Kier alpha value is -4.08. The SMILES string of the molecule is Cc1csc(CN(C)C(=O)c2cccc(C(=O)N[C@@H](Cc3ccccc3)[C@H](O)CN(C)c3cncc(C(C)(C)C)c3)c2)n1. The largest absolute Gasteiger partial charge is 0.389 e. The van der Waals surface area contributed by atoms with E-state index in [9.17, 15) is 14.7 Å². The monoisotopic (exact) mass is 599 g/mol. The van der Waals surface area contributed by atoms with Crippen molar-refractivity contribution >= 4 is 28.8 Å². The van der Waals surface area contributed by atoms with Crippen LogP contribution in [0.15, 0.2) is 78.4 Å². The first kappa shape index (κ1) is 31.8. The summed E-state index contributed by atoms with van der Waals surface area (Å²) >= 11 is 1.51. The number of hydrogen-bond donors (Lipinski definition) is 2. The standard InChI is InChI=1S/C34H41N5O3S/c1-23-22-43-31(36-23)21-39(6)33(42)26-14-10-13-25(16-26)32(41)37-29(15-24-11-8-7-9-12-24)30(40)20-38(5)28-17-27(18-35-19-28)34(2,3)4/h7-14,16-19,22,29-30,40H,15,20-21H2,1-6H3,(H,37,41)/t29-,30+/m0/s1. The molecule has 2 aromatic heterocycles. The number of nitrogens with one attached hydrogen (secondary N) is 1. The van der Waals surface area contributed by atoms with Gasteiger partial charge in [-0.1, -0.05) is 57.2 Å². The Kier molecular flexibility index (Phi) is 10.3. The summed E-state index contributed by atoms with van der Waals surface area (Å²) in [4.78, 5) is 39.1. The molecule has 0 unspecified atom stereocenters. The molecule has 0 bridgehead atoms. The normalized spacial score (nSPS) is 12.8. The quantitative estimate of drug-likeness (QED) is 0.244. The lowest BCUT2D eigenvalue weighted by Gasteiger charge is -2.30. The first-order valence-corrected chi connectivity index (χ1v) is 15.2. The van der Waals surface area contributed by atoms with E-state index in [0.717, 1.165) is 27.5 Å². The third kappa shape index (κ3) is 8.72. The van der Waals surface area contributed by atoms with E-state index in [-0.39, 0.29) is 23.8 Å². The number of aromatic nitrogens is 2. The number of carbonyl (C=O) groups is 2. The molecule has 4 aromatic rings. The molecule has 9 heteroatoms. The van der Waals surface area contributed by atoms with Crippen LogP contribution in [0.3, 0.4) is 0 Å². The summed E-state index contributed by atoms with van der Waals surface area (Å²) in [5.74, 6) is -0.553. The lowest BCUT2D eigenvalue weighted by Crippen LogP contribution is -2.49. The Balaban J connectivity index is 1.49. The number of aliphatic hydroxyl groups is 1. The van der Waals surface area contributed by atoms with Crippen LogP contribution in [-0.2, 0) is 18.4 Å². The smallest absolute Gasteiger partial charge is 0.253 e. The van der Waals surface area contributed by atoms with Crippen LogP contribution in [0.1, 0.15) is 63.3 Å². The van der Waals surface area contributed by atoms with E-state index in [1.807, 2.05) is 60.8 Å². The van der Waals surface area contributed by atoms with Gasteiger partial charge in [-0.2, -0.15) is 0 Å². The average Bonchev–Trinajstić information content (AvgIpc) is 3.40. The number of rotatable bonds is 11. The molecule has 0 aliphatic carbocycles. The van der Waals surface area contributed by atoms with Gasteiger partial charge in [0.2, 0.25) is 0 Å². The van der Waals surface area contributed by atoms with Gasteiger partial charge in [0.25, 0.3) is 11.8 Å². The molecule has 0 spiro atoms. The van der Waals surface area contributed by atoms with E-state index < -0.39 is 12.1 Å². The van der Waals surface area contributed by atoms with E-state index in [1.54, 1.807) is 42.4 Å². The Morgan fingerprint density at radius 2 is 1.72 bits per heavy atom. The topological polar surface area (TPSA) is 98.7 Å². The maximum atomic E-state index is 13.5. The number of benzene rings is 2. The van der Waals surface area contributed by atoms with Crippen molar-refractivity contribution in [3.63, 3.8) is 0 Å². The van der Waals surface area contributed by atoms with Gasteiger partial charge in [0.15, 0.2) is 0 Å². The van der Waals surface area contributed by atoms with Crippen LogP contribution in [0, 0.1) is 6.92 Å². The fourth-order valence-electron chi connectivity index (χ4n) is 4.73. The van der Waals surface area contributed by atoms with Crippen molar-refractivity contribution in [3.8, 4) is 0 Å². The van der Waals surface area contributed by atoms with Crippen LogP contribution in [-0.4, -0.2) is 64.6 Å². The highest BCUT2D eigenvalue weighted by Gasteiger charge is 2.25. The maximum absolute atomic E-state index is 13.5. The molecular weight excluding hydrogens is 558 g/mol. The van der Waals surface area contributed by atoms with Gasteiger partial charge in [0, 0.05) is 49.0 Å². The summed E-state index contributed by atoms with van der Waals surface area (Å²) in [6.45, 7) is 9.00. The maximum Gasteiger partial charge on any atom is 0.253 e. The highest BCUT2D eigenvalue weighted by molar-refractivity contribution is 7.09. The van der Waals surface area contributed by atoms with Crippen molar-refractivity contribution in [1.82, 2.24) is 20.2 Å². The molecule has 4 rings (SSSR count). The molecule has 2 N–H and O–H groups in total. The molecule has 0 aliphatic heterocycles. The lowest BCUT2D eigenvalue weighted by molar-refractivity contribution is 0.0784. The number of hydrogen-bond acceptors (Lipinski definition) is 7. The van der Waals surface area contributed by atoms with Gasteiger partial charge in [-0.25, -0.2) is 4.98 Å². The number of aryl methyl sites for hydroxylation is 1. The molecule has 0 radical (unpaired) electrons. The molecule has 0 aliphatic rings. The zero-order valence-electron chi connectivity index (χ0n) is 25.7. The Bertz CT molecular complexity index is 1530. The molecule has 0 saturated heterocycles. The summed E-state index contributed by atoms with van der Waals surface area (Å²) in [7, 11) is 3.63. The summed E-state index contributed by atoms with van der Waals surface area (Å²) in [5.41, 5.74) is 4.61. The molecule has 8 nitrogen and oxygen atoms in total. The number of anilines is 1. The van der Waals surface area contributed by atoms with Crippen molar-refractivity contribution < 1.29 is 14.7 Å². The minimum atomic E-state index is -0.884. The van der Waals surface area contributed by atoms with Crippen molar-refractivity contribution in [1.29, 1.82) is 0 Å². The molecule has 43 heavy (non-hydrogen) atoms. The predicted octanol–water partition coefficient (Wildman–Crippen LogP) is 5.25. The number of aliphatic hydroxyl groups excluding tert-OH is 1. The molecule has 2 atom stereocenters. The second-order valence-corrected chi connectivity index (χ2v) is 13.0. The van der Waals surface area contributed by atoms with E-state index in [2.05, 4.69) is 42.1 Å². The van der Waals surface area contributed by atoms with Crippen LogP contribution >= 0.6 is 11.3 Å². The van der Waals surface area contributed by atoms with E-state index in [4.69, 9.17) is 0 Å². The molecule has 0 saturated carbocycles. The van der Waals surface area contributed by atoms with Gasteiger partial charge in [-0.05, 0) is 54.2 Å². The summed E-state index contributed by atoms with van der Waals surface area (Å²) in [6.07, 6.45) is 3.20. The molecule has 2 amide bonds. The predicted molar refractivity (Wildman–Crippen MR) is 173 cm³/mol. The van der Waals surface area contributed by atoms with Crippen LogP contribution in [0.25, 0.3) is 0 Å². The summed E-state index contributed by atoms with van der Waals surface area (Å²) in [6, 6.07) is 18.0. The molecular formula is C34H41N5O3S. The zero-order chi connectivity index (χ0) is 31.1. The Morgan fingerprint density at radius 1 is 1.00 bits per heavy atom. The van der Waals surface area contributed by atoms with Crippen LogP contribution in [0.4, 0.5) is 5.69 Å². The Morgan fingerprint density at radius 3 is 2.40 bits per heavy atom. The van der Waals surface area contributed by atoms with Gasteiger partial charge >= 0.3 is 0 Å². The average molecular weight is 600 g/mol. The Labute approximate surface area is 258 Å². The minimum Gasteiger partial charge on any atom is -0.389 e. The van der Waals surface area contributed by atoms with Gasteiger partial charge in [0.05, 0.1) is 30.6 Å². The number of carbonyl (C=O) groups excluding carboxylic acids is 2. The number of likely N-dealkylation sites (N-methyl/N-ethyl adjacent to an activating group) is 1. The van der Waals surface area contributed by atoms with Gasteiger partial charge < -0.3 is 20.2 Å². The van der Waals surface area contributed by atoms with E-state index in [1.165, 1.54) is 11.3 Å². The fourth-order valence-corrected chi connectivity index (χ4v) is 5.55. The highest BCUT2D eigenvalue weighted by atomic mass is 32.1. The molecule has 226 valence electrons. The number of pyridine rings is 1. The third-order valence-corrected chi connectivity index (χ3v) is 8.28. The second-order valence-electron chi connectivity index (χ2n) is 12.0. The van der Waals surface area contributed by atoms with Crippen LogP contribution in [0.2, 0.25) is 0 Å². The number of thiazole rings is 1. The van der Waals surface area contributed by atoms with Gasteiger partial charge in [-0.3, -0.25) is 14.6 Å². The van der Waals surface area contributed by atoms with E-state index >= 15 is 0 Å². The second kappa shape index (κ2) is 13.9. The van der Waals surface area contributed by atoms with Crippen molar-refractivity contribution in [2.75, 3.05) is 25.5 Å². The molecule has 2 aromatic carbocycles. The summed E-state index contributed by atoms with van der Waals surface area (Å²) in [5, 5.41) is 17.3. The van der Waals surface area contributed by atoms with E-state index in [0.29, 0.717) is 24.1 Å². The molecule has 0 fully saturated rings. The van der Waals surface area contributed by atoms with Crippen molar-refractivity contribution in [2.24, 2.45) is 0 Å². The number of nitrogens with zero attached hydrogens (tertiary/aromatic N) is 4. The first-order valence-electron chi connectivity index (χ1n) is 14.4. The lowest BCUT2D eigenvalue weighted by atomic mass is 9.88. The van der Waals surface area contributed by atoms with Crippen LogP contribution in [0.5, 0.6) is 0 Å². The first-order chi connectivity index (χ1) is 20.4. The van der Waals surface area contributed by atoms with Crippen molar-refractivity contribution in [3.05, 3.63) is 111 Å². The number of amides is 2. The van der Waals surface area contributed by atoms with Crippen molar-refractivity contribution in [2.45, 2.75) is 58.2 Å². The van der Waals surface area contributed by atoms with Crippen LogP contribution < -0.4 is 10.2 Å². The minimum absolute atomic E-state index is 0.0586. The third-order valence-electron chi connectivity index (χ3n) is 7.33. The van der Waals surface area contributed by atoms with Gasteiger partial charge in [0.1, 0.15) is 5.01 Å². The zero-order valence-corrected chi connectivity index (χ0v) is 26.6.